The molecule has 4 heteroatoms. The zero-order valence-corrected chi connectivity index (χ0v) is 9.19. The Labute approximate surface area is 84.9 Å². The van der Waals surface area contributed by atoms with E-state index >= 15 is 0 Å². The van der Waals surface area contributed by atoms with Crippen LogP contribution in [0.25, 0.3) is 0 Å². The van der Waals surface area contributed by atoms with Gasteiger partial charge in [0.15, 0.2) is 0 Å². The molecule has 1 N–H and O–H groups in total. The van der Waals surface area contributed by atoms with E-state index in [0.717, 1.165) is 30.8 Å². The molecule has 0 bridgehead atoms. The number of aliphatic hydroxyl groups is 1. The number of rotatable bonds is 5. The van der Waals surface area contributed by atoms with Crippen molar-refractivity contribution < 1.29 is 5.11 Å². The average Bonchev–Trinajstić information content (AvgIpc) is 2.48. The molecule has 0 fully saturated rings. The zero-order valence-electron chi connectivity index (χ0n) is 9.19. The van der Waals surface area contributed by atoms with Gasteiger partial charge in [-0.3, -0.25) is 0 Å². The summed E-state index contributed by atoms with van der Waals surface area (Å²) in [5.74, 6) is 0.554. The molecular weight excluding hydrogens is 178 g/mol. The molecule has 1 rings (SSSR count). The van der Waals surface area contributed by atoms with E-state index in [1.54, 1.807) is 0 Å². The average molecular weight is 197 g/mol. The van der Waals surface area contributed by atoms with Crippen molar-refractivity contribution in [1.29, 1.82) is 0 Å². The lowest BCUT2D eigenvalue weighted by Crippen LogP contribution is -2.10. The van der Waals surface area contributed by atoms with E-state index in [1.165, 1.54) is 0 Å². The normalized spacial score (nSPS) is 11.2. The van der Waals surface area contributed by atoms with Crippen LogP contribution in [0.3, 0.4) is 0 Å². The van der Waals surface area contributed by atoms with Crippen LogP contribution in [0.2, 0.25) is 0 Å². The molecule has 0 atom stereocenters. The van der Waals surface area contributed by atoms with Crippen LogP contribution in [0, 0.1) is 5.92 Å². The first-order valence-electron chi connectivity index (χ1n) is 5.21. The van der Waals surface area contributed by atoms with Crippen LogP contribution < -0.4 is 0 Å². The summed E-state index contributed by atoms with van der Waals surface area (Å²) >= 11 is 0. The smallest absolute Gasteiger partial charge is 0.111 e. The fraction of sp³-hybridized carbons (Fsp3) is 0.800. The van der Waals surface area contributed by atoms with Gasteiger partial charge in [0.05, 0.1) is 12.3 Å². The zero-order chi connectivity index (χ0) is 10.6. The van der Waals surface area contributed by atoms with Gasteiger partial charge in [0.2, 0.25) is 0 Å². The Morgan fingerprint density at radius 2 is 2.14 bits per heavy atom. The maximum Gasteiger partial charge on any atom is 0.111 e. The highest BCUT2D eigenvalue weighted by Crippen LogP contribution is 2.10. The molecule has 0 aromatic carbocycles. The van der Waals surface area contributed by atoms with Gasteiger partial charge in [-0.1, -0.05) is 32.4 Å². The van der Waals surface area contributed by atoms with Crippen molar-refractivity contribution in [2.24, 2.45) is 5.92 Å². The Morgan fingerprint density at radius 1 is 1.43 bits per heavy atom. The molecular formula is C10H19N3O. The standard InChI is InChI=1S/C10H19N3O/c1-4-5-10-9(7-14)11-12-13(10)6-8(2)3/h8,14H,4-7H2,1-3H3. The molecule has 1 aromatic heterocycles. The van der Waals surface area contributed by atoms with Crippen LogP contribution in [0.5, 0.6) is 0 Å². The summed E-state index contributed by atoms with van der Waals surface area (Å²) in [6.07, 6.45) is 1.99. The van der Waals surface area contributed by atoms with Crippen molar-refractivity contribution in [3.05, 3.63) is 11.4 Å². The lowest BCUT2D eigenvalue weighted by molar-refractivity contribution is 0.275. The monoisotopic (exact) mass is 197 g/mol. The fourth-order valence-corrected chi connectivity index (χ4v) is 1.49. The van der Waals surface area contributed by atoms with Crippen LogP contribution in [0.15, 0.2) is 0 Å². The minimum Gasteiger partial charge on any atom is -0.390 e. The van der Waals surface area contributed by atoms with Gasteiger partial charge in [0.25, 0.3) is 0 Å². The summed E-state index contributed by atoms with van der Waals surface area (Å²) in [4.78, 5) is 0. The van der Waals surface area contributed by atoms with Crippen molar-refractivity contribution >= 4 is 0 Å². The summed E-state index contributed by atoms with van der Waals surface area (Å²) in [6.45, 7) is 7.29. The summed E-state index contributed by atoms with van der Waals surface area (Å²) in [5.41, 5.74) is 1.82. The van der Waals surface area contributed by atoms with Crippen molar-refractivity contribution in [3.63, 3.8) is 0 Å². The van der Waals surface area contributed by atoms with E-state index in [9.17, 15) is 0 Å². The van der Waals surface area contributed by atoms with Crippen LogP contribution in [-0.2, 0) is 19.6 Å². The van der Waals surface area contributed by atoms with E-state index < -0.39 is 0 Å². The molecule has 1 aromatic rings. The third-order valence-electron chi connectivity index (χ3n) is 2.09. The lowest BCUT2D eigenvalue weighted by Gasteiger charge is -2.08. The van der Waals surface area contributed by atoms with E-state index in [2.05, 4.69) is 31.1 Å². The molecule has 0 spiro atoms. The predicted molar refractivity (Wildman–Crippen MR) is 54.8 cm³/mol. The minimum atomic E-state index is -0.00652. The molecule has 0 unspecified atom stereocenters. The van der Waals surface area contributed by atoms with Crippen molar-refractivity contribution in [3.8, 4) is 0 Å². The largest absolute Gasteiger partial charge is 0.390 e. The van der Waals surface area contributed by atoms with Crippen LogP contribution >= 0.6 is 0 Å². The van der Waals surface area contributed by atoms with Crippen LogP contribution in [0.1, 0.15) is 38.6 Å². The first kappa shape index (κ1) is 11.2. The summed E-state index contributed by atoms with van der Waals surface area (Å²) in [7, 11) is 0. The van der Waals surface area contributed by atoms with Gasteiger partial charge in [0.1, 0.15) is 5.69 Å². The minimum absolute atomic E-state index is 0.00652. The molecule has 0 saturated carbocycles. The predicted octanol–water partition coefficient (Wildman–Crippen LogP) is 1.38. The molecule has 0 radical (unpaired) electrons. The molecule has 0 saturated heterocycles. The molecule has 0 amide bonds. The third kappa shape index (κ3) is 2.54. The van der Waals surface area contributed by atoms with Gasteiger partial charge < -0.3 is 5.11 Å². The summed E-state index contributed by atoms with van der Waals surface area (Å²) in [5, 5.41) is 17.1. The quantitative estimate of drug-likeness (QED) is 0.775. The van der Waals surface area contributed by atoms with Gasteiger partial charge in [-0.05, 0) is 12.3 Å². The Hall–Kier alpha value is -0.900. The summed E-state index contributed by atoms with van der Waals surface area (Å²) < 4.78 is 1.92. The second-order valence-electron chi connectivity index (χ2n) is 3.97. The lowest BCUT2D eigenvalue weighted by atomic mass is 10.2. The van der Waals surface area contributed by atoms with Crippen LogP contribution in [0.4, 0.5) is 0 Å². The van der Waals surface area contributed by atoms with Gasteiger partial charge in [-0.15, -0.1) is 5.10 Å². The SMILES string of the molecule is CCCc1c(CO)nnn1CC(C)C. The number of hydrogen-bond donors (Lipinski definition) is 1. The first-order valence-corrected chi connectivity index (χ1v) is 5.21. The van der Waals surface area contributed by atoms with Gasteiger partial charge in [-0.2, -0.15) is 0 Å². The van der Waals surface area contributed by atoms with Crippen molar-refractivity contribution in [2.45, 2.75) is 46.8 Å². The van der Waals surface area contributed by atoms with Gasteiger partial charge in [0, 0.05) is 6.54 Å². The van der Waals surface area contributed by atoms with Crippen molar-refractivity contribution in [2.75, 3.05) is 0 Å². The molecule has 0 aliphatic carbocycles. The maximum atomic E-state index is 9.08. The van der Waals surface area contributed by atoms with Crippen molar-refractivity contribution in [1.82, 2.24) is 15.0 Å². The molecule has 4 nitrogen and oxygen atoms in total. The van der Waals surface area contributed by atoms with E-state index in [4.69, 9.17) is 5.11 Å². The molecule has 14 heavy (non-hydrogen) atoms. The highest BCUT2D eigenvalue weighted by molar-refractivity contribution is 5.09. The topological polar surface area (TPSA) is 50.9 Å². The Balaban J connectivity index is 2.86. The highest BCUT2D eigenvalue weighted by atomic mass is 16.3. The third-order valence-corrected chi connectivity index (χ3v) is 2.09. The summed E-state index contributed by atoms with van der Waals surface area (Å²) in [6, 6.07) is 0. The maximum absolute atomic E-state index is 9.08. The second-order valence-corrected chi connectivity index (χ2v) is 3.97. The van der Waals surface area contributed by atoms with Gasteiger partial charge >= 0.3 is 0 Å². The number of aliphatic hydroxyl groups excluding tert-OH is 1. The Kier molecular flexibility index (Phi) is 4.07. The Morgan fingerprint density at radius 3 is 2.64 bits per heavy atom. The van der Waals surface area contributed by atoms with Crippen LogP contribution in [-0.4, -0.2) is 20.1 Å². The van der Waals surface area contributed by atoms with Gasteiger partial charge in [-0.25, -0.2) is 4.68 Å². The molecule has 80 valence electrons. The number of hydrogen-bond acceptors (Lipinski definition) is 3. The second kappa shape index (κ2) is 5.10. The van der Waals surface area contributed by atoms with E-state index in [1.807, 2.05) is 4.68 Å². The van der Waals surface area contributed by atoms with E-state index in [0.29, 0.717) is 5.92 Å². The molecule has 0 aliphatic heterocycles. The number of aromatic nitrogens is 3. The molecule has 1 heterocycles. The number of nitrogens with zero attached hydrogens (tertiary/aromatic N) is 3. The Bertz CT molecular complexity index is 281. The fourth-order valence-electron chi connectivity index (χ4n) is 1.49. The first-order chi connectivity index (χ1) is 6.69. The molecule has 0 aliphatic rings. The highest BCUT2D eigenvalue weighted by Gasteiger charge is 2.11. The van der Waals surface area contributed by atoms with E-state index in [-0.39, 0.29) is 6.61 Å².